The van der Waals surface area contributed by atoms with E-state index in [2.05, 4.69) is 34.9 Å². The Morgan fingerprint density at radius 3 is 2.09 bits per heavy atom. The summed E-state index contributed by atoms with van der Waals surface area (Å²) in [5.41, 5.74) is 2.24. The summed E-state index contributed by atoms with van der Waals surface area (Å²) in [6, 6.07) is 20.7. The van der Waals surface area contributed by atoms with Crippen LogP contribution in [-0.4, -0.2) is 18.0 Å². The maximum absolute atomic E-state index is 12.1. The Morgan fingerprint density at radius 2 is 1.52 bits per heavy atom. The van der Waals surface area contributed by atoms with Gasteiger partial charge >= 0.3 is 0 Å². The van der Waals surface area contributed by atoms with Crippen molar-refractivity contribution in [3.8, 4) is 0 Å². The summed E-state index contributed by atoms with van der Waals surface area (Å²) in [7, 11) is 0. The molecule has 3 nitrogen and oxygen atoms in total. The van der Waals surface area contributed by atoms with Gasteiger partial charge in [0.05, 0.1) is 6.54 Å². The van der Waals surface area contributed by atoms with Crippen molar-refractivity contribution in [2.75, 3.05) is 6.54 Å². The first-order valence-electron chi connectivity index (χ1n) is 8.07. The lowest BCUT2D eigenvalue weighted by atomic mass is 9.99. The van der Waals surface area contributed by atoms with E-state index >= 15 is 0 Å². The Hall–Kier alpha value is -2.13. The summed E-state index contributed by atoms with van der Waals surface area (Å²) in [4.78, 5) is 12.1. The molecule has 1 unspecified atom stereocenters. The van der Waals surface area contributed by atoms with Gasteiger partial charge in [-0.2, -0.15) is 0 Å². The number of hydrogen-bond donors (Lipinski definition) is 2. The molecule has 2 N–H and O–H groups in total. The van der Waals surface area contributed by atoms with Crippen molar-refractivity contribution in [2.24, 2.45) is 0 Å². The molecule has 1 amide bonds. The lowest BCUT2D eigenvalue weighted by Crippen LogP contribution is -2.45. The van der Waals surface area contributed by atoms with E-state index in [9.17, 15) is 4.79 Å². The summed E-state index contributed by atoms with van der Waals surface area (Å²) in [6.45, 7) is 6.28. The molecule has 0 aliphatic heterocycles. The first-order valence-corrected chi connectivity index (χ1v) is 8.07. The Kier molecular flexibility index (Phi) is 5.94. The molecule has 3 heteroatoms. The minimum Gasteiger partial charge on any atom is -0.350 e. The third-order valence-electron chi connectivity index (χ3n) is 3.51. The predicted octanol–water partition coefficient (Wildman–Crippen LogP) is 3.47. The normalized spacial score (nSPS) is 12.7. The molecule has 0 aliphatic rings. The molecule has 0 spiro atoms. The van der Waals surface area contributed by atoms with Crippen LogP contribution in [0.5, 0.6) is 0 Å². The van der Waals surface area contributed by atoms with Crippen LogP contribution < -0.4 is 10.6 Å². The molecule has 2 aromatic rings. The van der Waals surface area contributed by atoms with E-state index in [1.807, 2.05) is 57.2 Å². The van der Waals surface area contributed by atoms with Crippen LogP contribution in [-0.2, 0) is 11.2 Å². The van der Waals surface area contributed by atoms with Gasteiger partial charge < -0.3 is 10.6 Å². The molecule has 0 saturated carbocycles. The van der Waals surface area contributed by atoms with E-state index in [1.54, 1.807) is 0 Å². The lowest BCUT2D eigenvalue weighted by Gasteiger charge is -2.23. The SMILES string of the molecule is CC(C)(C)NC(=O)CNC(Cc1ccccc1)c1ccccc1. The molecule has 0 heterocycles. The van der Waals surface area contributed by atoms with Gasteiger partial charge in [0.25, 0.3) is 0 Å². The molecular formula is C20H26N2O. The summed E-state index contributed by atoms with van der Waals surface area (Å²) < 4.78 is 0. The molecule has 122 valence electrons. The number of carbonyl (C=O) groups excluding carboxylic acids is 1. The van der Waals surface area contributed by atoms with Crippen molar-refractivity contribution in [1.29, 1.82) is 0 Å². The topological polar surface area (TPSA) is 41.1 Å². The molecule has 0 aliphatic carbocycles. The second-order valence-electron chi connectivity index (χ2n) is 6.83. The second kappa shape index (κ2) is 7.93. The highest BCUT2D eigenvalue weighted by atomic mass is 16.2. The van der Waals surface area contributed by atoms with Gasteiger partial charge in [0, 0.05) is 11.6 Å². The van der Waals surface area contributed by atoms with Crippen molar-refractivity contribution in [1.82, 2.24) is 10.6 Å². The van der Waals surface area contributed by atoms with Gasteiger partial charge in [-0.05, 0) is 38.3 Å². The zero-order valence-corrected chi connectivity index (χ0v) is 14.2. The van der Waals surface area contributed by atoms with Crippen LogP contribution in [0.4, 0.5) is 0 Å². The number of rotatable bonds is 6. The molecule has 2 aromatic carbocycles. The van der Waals surface area contributed by atoms with E-state index in [0.29, 0.717) is 6.54 Å². The fourth-order valence-electron chi connectivity index (χ4n) is 2.52. The average molecular weight is 310 g/mol. The van der Waals surface area contributed by atoms with Crippen LogP contribution in [0.3, 0.4) is 0 Å². The van der Waals surface area contributed by atoms with Gasteiger partial charge in [-0.3, -0.25) is 4.79 Å². The van der Waals surface area contributed by atoms with Crippen molar-refractivity contribution in [3.63, 3.8) is 0 Å². The largest absolute Gasteiger partial charge is 0.350 e. The molecule has 0 saturated heterocycles. The van der Waals surface area contributed by atoms with E-state index in [1.165, 1.54) is 11.1 Å². The van der Waals surface area contributed by atoms with Crippen LogP contribution in [0.15, 0.2) is 60.7 Å². The molecule has 1 atom stereocenters. The number of amides is 1. The van der Waals surface area contributed by atoms with Gasteiger partial charge in [-0.15, -0.1) is 0 Å². The van der Waals surface area contributed by atoms with Crippen LogP contribution in [0.2, 0.25) is 0 Å². The maximum Gasteiger partial charge on any atom is 0.234 e. The van der Waals surface area contributed by atoms with Gasteiger partial charge in [-0.1, -0.05) is 60.7 Å². The molecule has 0 fully saturated rings. The smallest absolute Gasteiger partial charge is 0.234 e. The fraction of sp³-hybridized carbons (Fsp3) is 0.350. The molecule has 2 rings (SSSR count). The summed E-state index contributed by atoms with van der Waals surface area (Å²) in [5, 5.41) is 6.38. The third-order valence-corrected chi connectivity index (χ3v) is 3.51. The number of benzene rings is 2. The third kappa shape index (κ3) is 6.25. The number of nitrogens with one attached hydrogen (secondary N) is 2. The van der Waals surface area contributed by atoms with Crippen molar-refractivity contribution >= 4 is 5.91 Å². The maximum atomic E-state index is 12.1. The lowest BCUT2D eigenvalue weighted by molar-refractivity contribution is -0.121. The first kappa shape index (κ1) is 17.2. The monoisotopic (exact) mass is 310 g/mol. The number of hydrogen-bond acceptors (Lipinski definition) is 2. The zero-order valence-electron chi connectivity index (χ0n) is 14.2. The van der Waals surface area contributed by atoms with Crippen LogP contribution in [0.1, 0.15) is 37.9 Å². The van der Waals surface area contributed by atoms with Gasteiger partial charge in [-0.25, -0.2) is 0 Å². The second-order valence-corrected chi connectivity index (χ2v) is 6.83. The Balaban J connectivity index is 2.04. The van der Waals surface area contributed by atoms with Crippen molar-refractivity contribution in [2.45, 2.75) is 38.8 Å². The van der Waals surface area contributed by atoms with Crippen LogP contribution >= 0.6 is 0 Å². The quantitative estimate of drug-likeness (QED) is 0.858. The van der Waals surface area contributed by atoms with Crippen molar-refractivity contribution < 1.29 is 4.79 Å². The van der Waals surface area contributed by atoms with E-state index in [4.69, 9.17) is 0 Å². The van der Waals surface area contributed by atoms with Gasteiger partial charge in [0.2, 0.25) is 5.91 Å². The minimum atomic E-state index is -0.208. The van der Waals surface area contributed by atoms with Gasteiger partial charge in [0.1, 0.15) is 0 Å². The highest BCUT2D eigenvalue weighted by Gasteiger charge is 2.16. The van der Waals surface area contributed by atoms with E-state index in [0.717, 1.165) is 6.42 Å². The highest BCUT2D eigenvalue weighted by Crippen LogP contribution is 2.18. The first-order chi connectivity index (χ1) is 10.9. The van der Waals surface area contributed by atoms with E-state index < -0.39 is 0 Å². The minimum absolute atomic E-state index is 0.0199. The van der Waals surface area contributed by atoms with Crippen molar-refractivity contribution in [3.05, 3.63) is 71.8 Å². The highest BCUT2D eigenvalue weighted by molar-refractivity contribution is 5.78. The van der Waals surface area contributed by atoms with Crippen LogP contribution in [0, 0.1) is 0 Å². The molecule has 0 radical (unpaired) electrons. The van der Waals surface area contributed by atoms with Gasteiger partial charge in [0.15, 0.2) is 0 Å². The number of carbonyl (C=O) groups is 1. The molecule has 23 heavy (non-hydrogen) atoms. The standard InChI is InChI=1S/C20H26N2O/c1-20(2,3)22-19(23)15-21-18(17-12-8-5-9-13-17)14-16-10-6-4-7-11-16/h4-13,18,21H,14-15H2,1-3H3,(H,22,23). The predicted molar refractivity (Wildman–Crippen MR) is 95.2 cm³/mol. The van der Waals surface area contributed by atoms with Crippen LogP contribution in [0.25, 0.3) is 0 Å². The Labute approximate surface area is 139 Å². The Morgan fingerprint density at radius 1 is 0.957 bits per heavy atom. The molecule has 0 bridgehead atoms. The summed E-state index contributed by atoms with van der Waals surface area (Å²) in [6.07, 6.45) is 0.855. The summed E-state index contributed by atoms with van der Waals surface area (Å²) >= 11 is 0. The zero-order chi connectivity index (χ0) is 16.7. The summed E-state index contributed by atoms with van der Waals surface area (Å²) in [5.74, 6) is 0.0199. The molecular weight excluding hydrogens is 284 g/mol. The fourth-order valence-corrected chi connectivity index (χ4v) is 2.52. The molecule has 0 aromatic heterocycles. The van der Waals surface area contributed by atoms with E-state index in [-0.39, 0.29) is 17.5 Å². The Bertz CT molecular complexity index is 603. The average Bonchev–Trinajstić information content (AvgIpc) is 2.51.